The largest absolute Gasteiger partial charge is 0.481 e. The summed E-state index contributed by atoms with van der Waals surface area (Å²) in [6.07, 6.45) is -0.119. The molecule has 28 nitrogen and oxygen atoms in total. The number of fused-ring (bicyclic) bond motifs is 1. The number of aliphatic carboxylic acids is 3. The average Bonchev–Trinajstić information content (AvgIpc) is 4.43. The third kappa shape index (κ3) is 19.5. The summed E-state index contributed by atoms with van der Waals surface area (Å²) in [5, 5.41) is 51.1. The fourth-order valence-corrected chi connectivity index (χ4v) is 11.8. The Bertz CT molecular complexity index is 2710. The molecule has 0 spiro atoms. The summed E-state index contributed by atoms with van der Waals surface area (Å²) < 4.78 is 13.3. The van der Waals surface area contributed by atoms with Gasteiger partial charge in [0.15, 0.2) is 5.65 Å². The number of rotatable bonds is 29. The zero-order valence-corrected chi connectivity index (χ0v) is 47.8. The van der Waals surface area contributed by atoms with Gasteiger partial charge in [-0.2, -0.15) is 4.98 Å². The van der Waals surface area contributed by atoms with Crippen LogP contribution in [0.5, 0.6) is 0 Å². The Morgan fingerprint density at radius 1 is 0.899 bits per heavy atom. The molecule has 10 atom stereocenters. The predicted octanol–water partition coefficient (Wildman–Crippen LogP) is -0.645. The van der Waals surface area contributed by atoms with Gasteiger partial charge in [0.1, 0.15) is 42.5 Å². The molecule has 5 rings (SSSR count). The number of aliphatic hydroxyl groups excluding tert-OH is 1. The maximum Gasteiger partial charge on any atom is 0.326 e. The van der Waals surface area contributed by atoms with Crippen LogP contribution in [-0.2, 0) is 57.2 Å². The number of aliphatic hydroxyl groups is 1. The van der Waals surface area contributed by atoms with Gasteiger partial charge in [0, 0.05) is 63.5 Å². The summed E-state index contributed by atoms with van der Waals surface area (Å²) in [6, 6.07) is -7.14. The van der Waals surface area contributed by atoms with E-state index in [2.05, 4.69) is 60.9 Å². The van der Waals surface area contributed by atoms with Gasteiger partial charge in [-0.3, -0.25) is 52.9 Å². The summed E-state index contributed by atoms with van der Waals surface area (Å²) in [5.74, 6) is -2.73. The minimum absolute atomic E-state index is 0.0336. The standard InChI is InChI=1S/C46H66N11O17P3S2/c1-24(58)48-13-3-2-8-26(44(70)56-16-6-10-30(56)42(68)51-27(19-36(62)63)40(66)52-28(45(71)72)20-37(64)65)50-41(67)29-9-5-15-55(29)34(61)12-18-79-78-17-11-33(60)49-14-4-7-25-22-57(39-38(25)43(69)54-46(47)53-39)35-21-31(59)32(74-35)23-73-77(75)76/h22,26-32,35,59H,2-3,5-6,8-21,23,75-76H2,1H3,(H,48,58)(H,49,60)(H,50,67)(H,51,68)(H,52,66)(H,62,63)(H,64,65)(H,71,72)(H3,47,53,54,69). The number of unbranched alkanes of at least 4 members (excludes halogenated alkanes) is 1. The molecule has 10 unspecified atom stereocenters. The third-order valence-corrected chi connectivity index (χ3v) is 16.5. The van der Waals surface area contributed by atoms with Crippen LogP contribution in [0.3, 0.4) is 0 Å². The van der Waals surface area contributed by atoms with E-state index in [9.17, 15) is 68.1 Å². The molecule has 0 aromatic carbocycles. The molecule has 3 fully saturated rings. The van der Waals surface area contributed by atoms with E-state index >= 15 is 0 Å². The fourth-order valence-electron chi connectivity index (χ4n) is 8.98. The maximum atomic E-state index is 14.3. The van der Waals surface area contributed by atoms with Crippen molar-refractivity contribution in [3.05, 3.63) is 22.1 Å². The Balaban J connectivity index is 1.10. The Kier molecular flexibility index (Phi) is 25.5. The van der Waals surface area contributed by atoms with Crippen LogP contribution in [-0.4, -0.2) is 191 Å². The van der Waals surface area contributed by atoms with Crippen LogP contribution in [0.25, 0.3) is 11.0 Å². The number of aromatic nitrogens is 3. The second-order valence-electron chi connectivity index (χ2n) is 18.5. The molecule has 3 aliphatic heterocycles. The quantitative estimate of drug-likeness (QED) is 0.0209. The molecule has 0 aliphatic carbocycles. The molecule has 79 heavy (non-hydrogen) atoms. The number of likely N-dealkylation sites (tertiary alicyclic amines) is 2. The van der Waals surface area contributed by atoms with Crippen molar-refractivity contribution in [2.45, 2.75) is 133 Å². The number of H-pyrrole nitrogens is 1. The van der Waals surface area contributed by atoms with E-state index < -0.39 is 116 Å². The molecular formula is C46H66N11O17P3S2. The molecule has 3 aliphatic rings. The number of nitrogens with one attached hydrogen (secondary N) is 6. The Labute approximate surface area is 466 Å². The molecule has 33 heteroatoms. The number of ether oxygens (including phenoxy) is 1. The zero-order valence-electron chi connectivity index (χ0n) is 43.0. The lowest BCUT2D eigenvalue weighted by molar-refractivity contribution is -0.148. The average molecular weight is 1200 g/mol. The number of anilines is 1. The molecule has 2 aromatic heterocycles. The Morgan fingerprint density at radius 2 is 1.53 bits per heavy atom. The van der Waals surface area contributed by atoms with Gasteiger partial charge in [0.05, 0.1) is 50.6 Å². The van der Waals surface area contributed by atoms with Gasteiger partial charge in [0.2, 0.25) is 47.3 Å². The van der Waals surface area contributed by atoms with Gasteiger partial charge in [0.25, 0.3) is 5.56 Å². The van der Waals surface area contributed by atoms with E-state index in [4.69, 9.17) is 20.1 Å². The van der Waals surface area contributed by atoms with E-state index in [0.717, 1.165) is 0 Å². The van der Waals surface area contributed by atoms with E-state index in [-0.39, 0.29) is 99.6 Å². The molecule has 434 valence electrons. The molecule has 12 N–H and O–H groups in total. The lowest BCUT2D eigenvalue weighted by atomic mass is 10.1. The highest BCUT2D eigenvalue weighted by molar-refractivity contribution is 8.76. The first-order chi connectivity index (χ1) is 37.5. The topological polar surface area (TPSA) is 413 Å². The molecule has 2 aromatic rings. The van der Waals surface area contributed by atoms with Crippen LogP contribution < -0.4 is 37.9 Å². The number of nitrogens with two attached hydrogens (primary N) is 1. The minimum Gasteiger partial charge on any atom is -0.481 e. The number of carboxylic acid groups (broad SMARTS) is 3. The second-order valence-corrected chi connectivity index (χ2v) is 27.1. The highest BCUT2D eigenvalue weighted by Crippen LogP contribution is 2.54. The van der Waals surface area contributed by atoms with E-state index in [1.165, 1.54) is 38.3 Å². The first kappa shape index (κ1) is 64.2. The maximum absolute atomic E-state index is 14.3. The first-order valence-electron chi connectivity index (χ1n) is 25.1. The van der Waals surface area contributed by atoms with E-state index in [0.29, 0.717) is 49.2 Å². The summed E-state index contributed by atoms with van der Waals surface area (Å²) in [6.45, 7) is 2.08. The summed E-state index contributed by atoms with van der Waals surface area (Å²) in [7, 11) is 6.97. The van der Waals surface area contributed by atoms with Crippen LogP contribution >= 0.6 is 47.0 Å². The SMILES string of the molecule is CC(=O)NCCCCC(NC(=O)C1CCCN1C(=O)CCSSCCC(=O)NCC#Cc1cn(C2CC(O)C(COP(P)P)O2)c2nc(N)[nH]c(=O)c12)C(=O)N1CCCC1C(=O)NC(CC(=O)O)C(=O)NC(CC(=O)O)C(=O)O. The van der Waals surface area contributed by atoms with Gasteiger partial charge in [-0.1, -0.05) is 51.3 Å². The first-order valence-corrected chi connectivity index (χ1v) is 32.1. The number of hydrogen-bond donors (Lipinski definition) is 11. The van der Waals surface area contributed by atoms with Gasteiger partial charge < -0.3 is 76.4 Å². The number of carboxylic acids is 3. The van der Waals surface area contributed by atoms with Gasteiger partial charge in [-0.15, -0.1) is 0 Å². The molecule has 0 radical (unpaired) electrons. The molecule has 3 saturated heterocycles. The zero-order chi connectivity index (χ0) is 57.9. The highest BCUT2D eigenvalue weighted by atomic mass is 33.1. The van der Waals surface area contributed by atoms with Crippen LogP contribution in [0.4, 0.5) is 5.95 Å². The van der Waals surface area contributed by atoms with Crippen molar-refractivity contribution in [1.82, 2.24) is 50.9 Å². The van der Waals surface area contributed by atoms with Crippen molar-refractivity contribution in [2.75, 3.05) is 50.0 Å². The van der Waals surface area contributed by atoms with Crippen molar-refractivity contribution >= 4 is 123 Å². The van der Waals surface area contributed by atoms with Crippen molar-refractivity contribution in [3.63, 3.8) is 0 Å². The molecule has 5 heterocycles. The third-order valence-electron chi connectivity index (χ3n) is 12.7. The van der Waals surface area contributed by atoms with Crippen molar-refractivity contribution in [3.8, 4) is 11.8 Å². The van der Waals surface area contributed by atoms with Gasteiger partial charge in [-0.25, -0.2) is 4.79 Å². The molecule has 7 amide bonds. The smallest absolute Gasteiger partial charge is 0.326 e. The molecule has 0 bridgehead atoms. The molecular weight excluding hydrogens is 1140 g/mol. The number of nitrogens with zero attached hydrogens (tertiary/aromatic N) is 4. The normalized spacial score (nSPS) is 19.9. The second kappa shape index (κ2) is 31.4. The molecule has 0 saturated carbocycles. The number of nitrogen functional groups attached to an aromatic ring is 1. The van der Waals surface area contributed by atoms with Crippen molar-refractivity contribution in [2.24, 2.45) is 0 Å². The van der Waals surface area contributed by atoms with Crippen LogP contribution in [0.2, 0.25) is 0 Å². The number of aromatic amines is 1. The number of hydrogen-bond acceptors (Lipinski definition) is 18. The number of carbonyl (C=O) groups is 10. The summed E-state index contributed by atoms with van der Waals surface area (Å²) >= 11 is 0. The van der Waals surface area contributed by atoms with Crippen LogP contribution in [0.1, 0.15) is 95.8 Å². The van der Waals surface area contributed by atoms with E-state index in [1.54, 1.807) is 10.8 Å². The monoisotopic (exact) mass is 1200 g/mol. The predicted molar refractivity (Wildman–Crippen MR) is 296 cm³/mol. The van der Waals surface area contributed by atoms with E-state index in [1.807, 2.05) is 5.32 Å². The van der Waals surface area contributed by atoms with Crippen molar-refractivity contribution < 1.29 is 77.6 Å². The Morgan fingerprint density at radius 3 is 2.18 bits per heavy atom. The fraction of sp³-hybridized carbons (Fsp3) is 0.609. The highest BCUT2D eigenvalue weighted by Gasteiger charge is 2.42. The minimum atomic E-state index is -1.94. The lowest BCUT2D eigenvalue weighted by Gasteiger charge is -2.31. The number of carbonyl (C=O) groups excluding carboxylic acids is 7. The Hall–Kier alpha value is -5.65. The van der Waals surface area contributed by atoms with Crippen molar-refractivity contribution in [1.29, 1.82) is 0 Å². The van der Waals surface area contributed by atoms with Crippen LogP contribution in [0.15, 0.2) is 11.0 Å². The van der Waals surface area contributed by atoms with Gasteiger partial charge in [-0.05, 0) is 44.9 Å². The lowest BCUT2D eigenvalue weighted by Crippen LogP contribution is -2.58. The van der Waals surface area contributed by atoms with Gasteiger partial charge >= 0.3 is 17.9 Å². The van der Waals surface area contributed by atoms with Crippen LogP contribution in [0, 0.1) is 11.8 Å². The number of amides is 7. The summed E-state index contributed by atoms with van der Waals surface area (Å²) in [5.41, 5.74) is 5.87. The summed E-state index contributed by atoms with van der Waals surface area (Å²) in [4.78, 5) is 149.